The number of nitrogens with zero attached hydrogens (tertiary/aromatic N) is 1. The number of amides is 2. The Morgan fingerprint density at radius 2 is 2.09 bits per heavy atom. The first kappa shape index (κ1) is 9.15. The molecule has 0 spiro atoms. The summed E-state index contributed by atoms with van der Waals surface area (Å²) in [4.78, 5) is 19.2. The zero-order valence-electron chi connectivity index (χ0n) is 5.65. The number of carbonyl (C=O) groups excluding carboxylic acids is 1. The van der Waals surface area contributed by atoms with E-state index in [2.05, 4.69) is 21.7 Å². The topological polar surface area (TPSA) is 115 Å². The third-order valence-electron chi connectivity index (χ3n) is 0.583. The number of rotatable bonds is 0. The molecule has 11 heavy (non-hydrogen) atoms. The SMILES string of the molecule is NC(N)=O.O=c1cccn[nH]1. The summed E-state index contributed by atoms with van der Waals surface area (Å²) in [6, 6.07) is 2.16. The summed E-state index contributed by atoms with van der Waals surface area (Å²) >= 11 is 0. The second-order valence-electron chi connectivity index (χ2n) is 1.52. The van der Waals surface area contributed by atoms with Gasteiger partial charge in [0.05, 0.1) is 0 Å². The van der Waals surface area contributed by atoms with Crippen LogP contribution < -0.4 is 17.0 Å². The van der Waals surface area contributed by atoms with E-state index in [9.17, 15) is 4.79 Å². The van der Waals surface area contributed by atoms with Gasteiger partial charge in [-0.3, -0.25) is 4.79 Å². The first-order valence-electron chi connectivity index (χ1n) is 2.67. The monoisotopic (exact) mass is 156 g/mol. The van der Waals surface area contributed by atoms with Gasteiger partial charge in [0, 0.05) is 12.3 Å². The average molecular weight is 156 g/mol. The molecule has 0 aliphatic heterocycles. The normalized spacial score (nSPS) is 7.64. The molecule has 0 atom stereocenters. The highest BCUT2D eigenvalue weighted by Crippen LogP contribution is 1.60. The molecule has 0 bridgehead atoms. The van der Waals surface area contributed by atoms with Crippen LogP contribution in [-0.4, -0.2) is 16.2 Å². The van der Waals surface area contributed by atoms with E-state index in [0.29, 0.717) is 0 Å². The number of primary amides is 2. The highest BCUT2D eigenvalue weighted by molar-refractivity contribution is 5.69. The molecule has 1 aromatic rings. The molecule has 60 valence electrons. The Morgan fingerprint density at radius 1 is 1.55 bits per heavy atom. The molecule has 1 rings (SSSR count). The van der Waals surface area contributed by atoms with Gasteiger partial charge < -0.3 is 11.5 Å². The minimum absolute atomic E-state index is 0.164. The third kappa shape index (κ3) is 8.15. The van der Waals surface area contributed by atoms with Gasteiger partial charge in [0.25, 0.3) is 5.56 Å². The van der Waals surface area contributed by atoms with Crippen LogP contribution in [-0.2, 0) is 0 Å². The summed E-state index contributed by atoms with van der Waals surface area (Å²) in [5.74, 6) is 0. The second-order valence-corrected chi connectivity index (χ2v) is 1.52. The largest absolute Gasteiger partial charge is 0.352 e. The first-order valence-corrected chi connectivity index (χ1v) is 2.67. The molecular weight excluding hydrogens is 148 g/mol. The van der Waals surface area contributed by atoms with Gasteiger partial charge in [-0.05, 0) is 6.07 Å². The van der Waals surface area contributed by atoms with Crippen molar-refractivity contribution in [2.24, 2.45) is 11.5 Å². The lowest BCUT2D eigenvalue weighted by Gasteiger charge is -1.72. The molecule has 0 radical (unpaired) electrons. The number of aromatic nitrogens is 2. The summed E-state index contributed by atoms with van der Waals surface area (Å²) in [5.41, 5.74) is 8.34. The maximum Gasteiger partial charge on any atom is 0.309 e. The minimum Gasteiger partial charge on any atom is -0.352 e. The lowest BCUT2D eigenvalue weighted by atomic mass is 10.6. The van der Waals surface area contributed by atoms with Gasteiger partial charge in [0.1, 0.15) is 0 Å². The summed E-state index contributed by atoms with van der Waals surface area (Å²) in [7, 11) is 0. The number of hydrogen-bond donors (Lipinski definition) is 3. The Balaban J connectivity index is 0.000000218. The molecule has 0 saturated carbocycles. The van der Waals surface area contributed by atoms with Gasteiger partial charge in [-0.2, -0.15) is 5.10 Å². The van der Waals surface area contributed by atoms with E-state index < -0.39 is 6.03 Å². The van der Waals surface area contributed by atoms with Crippen molar-refractivity contribution < 1.29 is 4.79 Å². The molecule has 0 aliphatic carbocycles. The molecule has 2 amide bonds. The fraction of sp³-hybridized carbons (Fsp3) is 0. The van der Waals surface area contributed by atoms with Crippen molar-refractivity contribution in [3.05, 3.63) is 28.7 Å². The average Bonchev–Trinajstić information content (AvgIpc) is 1.87. The smallest absolute Gasteiger partial charge is 0.309 e. The maximum absolute atomic E-state index is 10.2. The molecule has 0 fully saturated rings. The number of nitrogens with two attached hydrogens (primary N) is 2. The minimum atomic E-state index is -0.833. The van der Waals surface area contributed by atoms with Gasteiger partial charge in [-0.1, -0.05) is 0 Å². The third-order valence-corrected chi connectivity index (χ3v) is 0.583. The van der Waals surface area contributed by atoms with E-state index >= 15 is 0 Å². The summed E-state index contributed by atoms with van der Waals surface area (Å²) in [6.07, 6.45) is 1.52. The van der Waals surface area contributed by atoms with Gasteiger partial charge in [0.15, 0.2) is 0 Å². The van der Waals surface area contributed by atoms with Gasteiger partial charge in [-0.15, -0.1) is 0 Å². The molecule has 0 aromatic carbocycles. The zero-order chi connectivity index (χ0) is 8.69. The van der Waals surface area contributed by atoms with E-state index in [4.69, 9.17) is 4.79 Å². The molecule has 0 unspecified atom stereocenters. The zero-order valence-corrected chi connectivity index (χ0v) is 5.65. The van der Waals surface area contributed by atoms with Gasteiger partial charge in [-0.25, -0.2) is 9.89 Å². The van der Waals surface area contributed by atoms with Crippen molar-refractivity contribution in [1.82, 2.24) is 10.2 Å². The number of nitrogens with one attached hydrogen (secondary N) is 1. The Labute approximate surface area is 62.2 Å². The standard InChI is InChI=1S/C4H4N2O.CH4N2O/c7-4-2-1-3-5-6-4;2-1(3)4/h1-3H,(H,6,7);(H4,2,3,4). The maximum atomic E-state index is 10.2. The molecule has 1 heterocycles. The van der Waals surface area contributed by atoms with Crippen LogP contribution in [0, 0.1) is 0 Å². The van der Waals surface area contributed by atoms with Crippen LogP contribution in [0.3, 0.4) is 0 Å². The van der Waals surface area contributed by atoms with E-state index in [-0.39, 0.29) is 5.56 Å². The number of aromatic amines is 1. The highest BCUT2D eigenvalue weighted by Gasteiger charge is 1.70. The highest BCUT2D eigenvalue weighted by atomic mass is 16.2. The van der Waals surface area contributed by atoms with E-state index in [1.165, 1.54) is 12.3 Å². The molecule has 5 N–H and O–H groups in total. The molecular formula is C5H8N4O2. The second kappa shape index (κ2) is 4.98. The van der Waals surface area contributed by atoms with E-state index in [1.807, 2.05) is 0 Å². The molecule has 6 heteroatoms. The molecule has 6 nitrogen and oxygen atoms in total. The van der Waals surface area contributed by atoms with Crippen LogP contribution in [0.15, 0.2) is 23.1 Å². The van der Waals surface area contributed by atoms with Crippen molar-refractivity contribution in [3.63, 3.8) is 0 Å². The molecule has 0 aliphatic rings. The lowest BCUT2D eigenvalue weighted by molar-refractivity contribution is 0.256. The number of H-pyrrole nitrogens is 1. The van der Waals surface area contributed by atoms with Crippen molar-refractivity contribution in [3.8, 4) is 0 Å². The number of carbonyl (C=O) groups is 1. The van der Waals surface area contributed by atoms with E-state index in [0.717, 1.165) is 0 Å². The fourth-order valence-corrected chi connectivity index (χ4v) is 0.312. The van der Waals surface area contributed by atoms with Crippen LogP contribution in [0.25, 0.3) is 0 Å². The summed E-state index contributed by atoms with van der Waals surface area (Å²) < 4.78 is 0. The van der Waals surface area contributed by atoms with Gasteiger partial charge >= 0.3 is 6.03 Å². The van der Waals surface area contributed by atoms with Crippen LogP contribution in [0.4, 0.5) is 4.79 Å². The first-order chi connectivity index (χ1) is 5.13. The van der Waals surface area contributed by atoms with Crippen LogP contribution in [0.1, 0.15) is 0 Å². The van der Waals surface area contributed by atoms with Crippen LogP contribution >= 0.6 is 0 Å². The lowest BCUT2D eigenvalue weighted by Crippen LogP contribution is -2.18. The Hall–Kier alpha value is -1.85. The number of hydrogen-bond acceptors (Lipinski definition) is 3. The van der Waals surface area contributed by atoms with E-state index in [1.54, 1.807) is 6.07 Å². The Morgan fingerprint density at radius 3 is 2.27 bits per heavy atom. The molecule has 1 aromatic heterocycles. The number of urea groups is 1. The predicted molar refractivity (Wildman–Crippen MR) is 38.6 cm³/mol. The van der Waals surface area contributed by atoms with Gasteiger partial charge in [0.2, 0.25) is 0 Å². The summed E-state index contributed by atoms with van der Waals surface area (Å²) in [5, 5.41) is 5.67. The Kier molecular flexibility index (Phi) is 4.14. The van der Waals surface area contributed by atoms with Crippen LogP contribution in [0.5, 0.6) is 0 Å². The van der Waals surface area contributed by atoms with Crippen LogP contribution in [0.2, 0.25) is 0 Å². The van der Waals surface area contributed by atoms with Crippen molar-refractivity contribution in [2.45, 2.75) is 0 Å². The van der Waals surface area contributed by atoms with Crippen molar-refractivity contribution in [2.75, 3.05) is 0 Å². The Bertz CT molecular complexity index is 248. The summed E-state index contributed by atoms with van der Waals surface area (Å²) in [6.45, 7) is 0. The predicted octanol–water partition coefficient (Wildman–Crippen LogP) is -1.21. The molecule has 0 saturated heterocycles. The van der Waals surface area contributed by atoms with Crippen molar-refractivity contribution in [1.29, 1.82) is 0 Å². The quantitative estimate of drug-likeness (QED) is 0.437. The fourth-order valence-electron chi connectivity index (χ4n) is 0.312. The van der Waals surface area contributed by atoms with Crippen molar-refractivity contribution >= 4 is 6.03 Å².